The molecule has 2 N–H and O–H groups in total. The summed E-state index contributed by atoms with van der Waals surface area (Å²) in [7, 11) is 0. The molecule has 114 valence electrons. The van der Waals surface area contributed by atoms with Gasteiger partial charge in [0, 0.05) is 16.9 Å². The van der Waals surface area contributed by atoms with Gasteiger partial charge in [-0.05, 0) is 47.7 Å². The molecule has 0 aromatic heterocycles. The van der Waals surface area contributed by atoms with Gasteiger partial charge in [-0.2, -0.15) is 5.26 Å². The number of hydrogen-bond donors (Lipinski definition) is 2. The van der Waals surface area contributed by atoms with Crippen LogP contribution in [0.25, 0.3) is 10.8 Å². The van der Waals surface area contributed by atoms with E-state index in [4.69, 9.17) is 5.26 Å². The number of nitrogens with zero attached hydrogens (tertiary/aromatic N) is 1. The number of aromatic hydroxyl groups is 2. The van der Waals surface area contributed by atoms with Crippen LogP contribution in [-0.2, 0) is 0 Å². The summed E-state index contributed by atoms with van der Waals surface area (Å²) < 4.78 is 0. The number of rotatable bonds is 2. The molecule has 1 unspecified atom stereocenters. The smallest absolute Gasteiger partial charge is 0.127 e. The highest BCUT2D eigenvalue weighted by atomic mass is 16.3. The molecular formula is C20H17NO2. The third kappa shape index (κ3) is 2.60. The summed E-state index contributed by atoms with van der Waals surface area (Å²) in [5.74, 6) is 0.466. The average molecular weight is 303 g/mol. The molecule has 0 saturated heterocycles. The van der Waals surface area contributed by atoms with Crippen LogP contribution in [0.1, 0.15) is 35.1 Å². The first-order chi connectivity index (χ1) is 11.0. The highest BCUT2D eigenvalue weighted by Crippen LogP contribution is 2.38. The van der Waals surface area contributed by atoms with E-state index in [1.165, 1.54) is 0 Å². The van der Waals surface area contributed by atoms with Gasteiger partial charge in [-0.25, -0.2) is 0 Å². The van der Waals surface area contributed by atoms with Crippen LogP contribution in [0.3, 0.4) is 0 Å². The second kappa shape index (κ2) is 5.66. The van der Waals surface area contributed by atoms with Gasteiger partial charge in [0.05, 0.1) is 11.6 Å². The lowest BCUT2D eigenvalue weighted by Gasteiger charge is -2.16. The Hall–Kier alpha value is -2.99. The third-order valence-electron chi connectivity index (χ3n) is 4.35. The quantitative estimate of drug-likeness (QED) is 0.728. The monoisotopic (exact) mass is 303 g/mol. The first kappa shape index (κ1) is 14.9. The molecular weight excluding hydrogens is 286 g/mol. The molecule has 0 amide bonds. The van der Waals surface area contributed by atoms with Crippen molar-refractivity contribution in [3.05, 3.63) is 70.8 Å². The largest absolute Gasteiger partial charge is 0.508 e. The highest BCUT2D eigenvalue weighted by Gasteiger charge is 2.15. The minimum Gasteiger partial charge on any atom is -0.508 e. The van der Waals surface area contributed by atoms with E-state index in [9.17, 15) is 10.2 Å². The molecule has 0 aliphatic carbocycles. The van der Waals surface area contributed by atoms with Gasteiger partial charge in [0.1, 0.15) is 11.5 Å². The molecule has 3 aromatic carbocycles. The maximum atomic E-state index is 10.7. The molecule has 0 saturated carbocycles. The molecule has 0 radical (unpaired) electrons. The van der Waals surface area contributed by atoms with Gasteiger partial charge in [-0.1, -0.05) is 31.2 Å². The molecule has 3 nitrogen and oxygen atoms in total. The number of fused-ring (bicyclic) bond motifs is 1. The summed E-state index contributed by atoms with van der Waals surface area (Å²) in [4.78, 5) is 0. The van der Waals surface area contributed by atoms with Crippen LogP contribution in [-0.4, -0.2) is 10.2 Å². The van der Waals surface area contributed by atoms with Crippen LogP contribution in [0.2, 0.25) is 0 Å². The van der Waals surface area contributed by atoms with E-state index >= 15 is 0 Å². The summed E-state index contributed by atoms with van der Waals surface area (Å²) in [6, 6.07) is 16.8. The molecule has 3 heteroatoms. The number of nitriles is 1. The Morgan fingerprint density at radius 3 is 2.35 bits per heavy atom. The van der Waals surface area contributed by atoms with Gasteiger partial charge >= 0.3 is 0 Å². The first-order valence-electron chi connectivity index (χ1n) is 7.46. The van der Waals surface area contributed by atoms with Crippen molar-refractivity contribution in [2.45, 2.75) is 19.8 Å². The van der Waals surface area contributed by atoms with Crippen LogP contribution in [0, 0.1) is 18.3 Å². The molecule has 3 rings (SSSR count). The summed E-state index contributed by atoms with van der Waals surface area (Å²) in [6.45, 7) is 3.83. The van der Waals surface area contributed by atoms with Crippen molar-refractivity contribution in [2.24, 2.45) is 0 Å². The van der Waals surface area contributed by atoms with E-state index < -0.39 is 0 Å². The van der Waals surface area contributed by atoms with E-state index in [1.54, 1.807) is 24.3 Å². The number of hydrogen-bond acceptors (Lipinski definition) is 3. The minimum absolute atomic E-state index is 0.00116. The molecule has 1 atom stereocenters. The van der Waals surface area contributed by atoms with E-state index in [-0.39, 0.29) is 17.4 Å². The highest BCUT2D eigenvalue weighted by molar-refractivity contribution is 5.91. The molecule has 0 fully saturated rings. The van der Waals surface area contributed by atoms with Gasteiger partial charge < -0.3 is 10.2 Å². The molecule has 3 aromatic rings. The summed E-state index contributed by atoms with van der Waals surface area (Å²) in [5, 5.41) is 30.9. The Kier molecular flexibility index (Phi) is 3.67. The fraction of sp³-hybridized carbons (Fsp3) is 0.150. The van der Waals surface area contributed by atoms with Gasteiger partial charge in [0.25, 0.3) is 0 Å². The van der Waals surface area contributed by atoms with E-state index in [0.717, 1.165) is 27.5 Å². The van der Waals surface area contributed by atoms with Crippen LogP contribution < -0.4 is 0 Å². The van der Waals surface area contributed by atoms with Crippen LogP contribution in [0.15, 0.2) is 48.5 Å². The summed E-state index contributed by atoms with van der Waals surface area (Å²) in [5.41, 5.74) is 3.22. The van der Waals surface area contributed by atoms with Crippen molar-refractivity contribution >= 4 is 10.8 Å². The van der Waals surface area contributed by atoms with Crippen LogP contribution >= 0.6 is 0 Å². The van der Waals surface area contributed by atoms with Crippen molar-refractivity contribution in [3.63, 3.8) is 0 Å². The van der Waals surface area contributed by atoms with Crippen molar-refractivity contribution in [3.8, 4) is 17.6 Å². The second-order valence-electron chi connectivity index (χ2n) is 5.82. The predicted molar refractivity (Wildman–Crippen MR) is 90.7 cm³/mol. The van der Waals surface area contributed by atoms with Crippen LogP contribution in [0.5, 0.6) is 11.5 Å². The molecule has 0 spiro atoms. The molecule has 0 aliphatic rings. The lowest BCUT2D eigenvalue weighted by Crippen LogP contribution is -1.97. The Bertz CT molecular complexity index is 921. The van der Waals surface area contributed by atoms with E-state index in [0.29, 0.717) is 5.56 Å². The molecule has 0 aliphatic heterocycles. The van der Waals surface area contributed by atoms with Gasteiger partial charge in [0.2, 0.25) is 0 Å². The number of benzene rings is 3. The third-order valence-corrected chi connectivity index (χ3v) is 4.35. The van der Waals surface area contributed by atoms with Crippen molar-refractivity contribution in [1.82, 2.24) is 0 Å². The molecule has 23 heavy (non-hydrogen) atoms. The Labute approximate surface area is 135 Å². The van der Waals surface area contributed by atoms with Gasteiger partial charge in [-0.3, -0.25) is 0 Å². The maximum absolute atomic E-state index is 10.7. The second-order valence-corrected chi connectivity index (χ2v) is 5.82. The Balaban J connectivity index is 2.10. The SMILES string of the molecule is Cc1cc2c(O)c(C(C)c3ccc(C#N)cc3)ccc2cc1O. The Morgan fingerprint density at radius 2 is 1.70 bits per heavy atom. The van der Waals surface area contributed by atoms with Crippen molar-refractivity contribution < 1.29 is 10.2 Å². The predicted octanol–water partition coefficient (Wildman–Crippen LogP) is 4.58. The van der Waals surface area contributed by atoms with Crippen molar-refractivity contribution in [1.29, 1.82) is 5.26 Å². The standard InChI is InChI=1S/C20H17NO2/c1-12-9-18-16(10-19(12)22)7-8-17(20(18)23)13(2)15-5-3-14(11-21)4-6-15/h3-10,13,22-23H,1-2H3. The summed E-state index contributed by atoms with van der Waals surface area (Å²) >= 11 is 0. The fourth-order valence-corrected chi connectivity index (χ4v) is 2.84. The van der Waals surface area contributed by atoms with Gasteiger partial charge in [-0.15, -0.1) is 0 Å². The zero-order valence-corrected chi connectivity index (χ0v) is 13.0. The normalized spacial score (nSPS) is 12.0. The lowest BCUT2D eigenvalue weighted by molar-refractivity contribution is 0.469. The molecule has 0 heterocycles. The summed E-state index contributed by atoms with van der Waals surface area (Å²) in [6.07, 6.45) is 0. The fourth-order valence-electron chi connectivity index (χ4n) is 2.84. The number of phenols is 2. The lowest BCUT2D eigenvalue weighted by atomic mass is 9.90. The van der Waals surface area contributed by atoms with Gasteiger partial charge in [0.15, 0.2) is 0 Å². The van der Waals surface area contributed by atoms with E-state index in [2.05, 4.69) is 6.07 Å². The van der Waals surface area contributed by atoms with E-state index in [1.807, 2.05) is 38.1 Å². The zero-order valence-electron chi connectivity index (χ0n) is 13.0. The number of aryl methyl sites for hydroxylation is 1. The molecule has 0 bridgehead atoms. The zero-order chi connectivity index (χ0) is 16.6. The number of phenolic OH excluding ortho intramolecular Hbond substituents is 2. The van der Waals surface area contributed by atoms with Crippen LogP contribution in [0.4, 0.5) is 0 Å². The Morgan fingerprint density at radius 1 is 1.00 bits per heavy atom. The minimum atomic E-state index is 0.00116. The average Bonchev–Trinajstić information content (AvgIpc) is 2.56. The topological polar surface area (TPSA) is 64.2 Å². The maximum Gasteiger partial charge on any atom is 0.127 e. The first-order valence-corrected chi connectivity index (χ1v) is 7.46. The van der Waals surface area contributed by atoms with Crippen molar-refractivity contribution in [2.75, 3.05) is 0 Å².